The highest BCUT2D eigenvalue weighted by Crippen LogP contribution is 2.09. The summed E-state index contributed by atoms with van der Waals surface area (Å²) in [4.78, 5) is 11.3. The maximum atomic E-state index is 11.3. The van der Waals surface area contributed by atoms with Crippen LogP contribution in [-0.2, 0) is 9.53 Å². The predicted octanol–water partition coefficient (Wildman–Crippen LogP) is 3.54. The van der Waals surface area contributed by atoms with E-state index in [2.05, 4.69) is 20.8 Å². The highest BCUT2D eigenvalue weighted by Gasteiger charge is 2.10. The van der Waals surface area contributed by atoms with Gasteiger partial charge in [0.2, 0.25) is 0 Å². The van der Waals surface area contributed by atoms with Crippen LogP contribution in [-0.4, -0.2) is 12.1 Å². The molecule has 84 valence electrons. The lowest BCUT2D eigenvalue weighted by molar-refractivity contribution is -0.149. The number of rotatable bonds is 7. The molecule has 0 spiro atoms. The minimum absolute atomic E-state index is 0.0356. The first-order chi connectivity index (χ1) is 6.56. The van der Waals surface area contributed by atoms with Gasteiger partial charge in [-0.05, 0) is 25.7 Å². The Morgan fingerprint density at radius 1 is 1.21 bits per heavy atom. The SMILES string of the molecule is CCCCCC(=O)OC(C)CC(C)C. The minimum atomic E-state index is -0.0356. The van der Waals surface area contributed by atoms with Crippen LogP contribution in [0.4, 0.5) is 0 Å². The second-order valence-electron chi connectivity index (χ2n) is 4.39. The Morgan fingerprint density at radius 2 is 1.86 bits per heavy atom. The van der Waals surface area contributed by atoms with Gasteiger partial charge < -0.3 is 4.74 Å². The number of carbonyl (C=O) groups excluding carboxylic acids is 1. The van der Waals surface area contributed by atoms with E-state index < -0.39 is 0 Å². The quantitative estimate of drug-likeness (QED) is 0.464. The third-order valence-electron chi connectivity index (χ3n) is 2.12. The number of unbranched alkanes of at least 4 members (excludes halogenated alkanes) is 2. The van der Waals surface area contributed by atoms with Gasteiger partial charge in [-0.15, -0.1) is 0 Å². The van der Waals surface area contributed by atoms with Crippen molar-refractivity contribution in [3.63, 3.8) is 0 Å². The van der Waals surface area contributed by atoms with E-state index in [1.165, 1.54) is 0 Å². The molecule has 0 radical (unpaired) electrons. The number of hydrogen-bond acceptors (Lipinski definition) is 2. The molecule has 1 atom stereocenters. The van der Waals surface area contributed by atoms with Crippen molar-refractivity contribution < 1.29 is 9.53 Å². The van der Waals surface area contributed by atoms with Gasteiger partial charge in [0.25, 0.3) is 0 Å². The van der Waals surface area contributed by atoms with E-state index >= 15 is 0 Å². The molecule has 0 aliphatic rings. The molecule has 2 heteroatoms. The summed E-state index contributed by atoms with van der Waals surface area (Å²) in [5.41, 5.74) is 0. The molecule has 0 heterocycles. The fraction of sp³-hybridized carbons (Fsp3) is 0.917. The van der Waals surface area contributed by atoms with E-state index in [1.807, 2.05) is 6.92 Å². The largest absolute Gasteiger partial charge is 0.463 e. The van der Waals surface area contributed by atoms with Crippen LogP contribution in [0.15, 0.2) is 0 Å². The van der Waals surface area contributed by atoms with Gasteiger partial charge in [0, 0.05) is 6.42 Å². The second kappa shape index (κ2) is 7.84. The van der Waals surface area contributed by atoms with E-state index in [1.54, 1.807) is 0 Å². The van der Waals surface area contributed by atoms with Gasteiger partial charge in [-0.3, -0.25) is 4.79 Å². The van der Waals surface area contributed by atoms with Crippen molar-refractivity contribution in [1.82, 2.24) is 0 Å². The molecule has 0 rings (SSSR count). The van der Waals surface area contributed by atoms with E-state index in [4.69, 9.17) is 4.74 Å². The molecule has 0 aromatic rings. The zero-order valence-corrected chi connectivity index (χ0v) is 10.0. The molecule has 0 saturated heterocycles. The Hall–Kier alpha value is -0.530. The molecule has 1 unspecified atom stereocenters. The maximum Gasteiger partial charge on any atom is 0.306 e. The molecule has 2 nitrogen and oxygen atoms in total. The average Bonchev–Trinajstić information content (AvgIpc) is 2.02. The van der Waals surface area contributed by atoms with Crippen molar-refractivity contribution in [3.05, 3.63) is 0 Å². The van der Waals surface area contributed by atoms with Crippen LogP contribution in [0.1, 0.15) is 59.8 Å². The third kappa shape index (κ3) is 8.09. The molecule has 0 amide bonds. The summed E-state index contributed by atoms with van der Waals surface area (Å²) < 4.78 is 5.27. The Kier molecular flexibility index (Phi) is 7.54. The molecule has 0 fully saturated rings. The summed E-state index contributed by atoms with van der Waals surface area (Å²) >= 11 is 0. The maximum absolute atomic E-state index is 11.3. The van der Waals surface area contributed by atoms with Crippen LogP contribution >= 0.6 is 0 Å². The minimum Gasteiger partial charge on any atom is -0.463 e. The summed E-state index contributed by atoms with van der Waals surface area (Å²) in [5, 5.41) is 0. The third-order valence-corrected chi connectivity index (χ3v) is 2.12. The fourth-order valence-electron chi connectivity index (χ4n) is 1.51. The molecule has 14 heavy (non-hydrogen) atoms. The number of hydrogen-bond donors (Lipinski definition) is 0. The summed E-state index contributed by atoms with van der Waals surface area (Å²) in [6.07, 6.45) is 4.84. The Balaban J connectivity index is 3.50. The van der Waals surface area contributed by atoms with E-state index in [9.17, 15) is 4.79 Å². The van der Waals surface area contributed by atoms with Crippen molar-refractivity contribution in [3.8, 4) is 0 Å². The second-order valence-corrected chi connectivity index (χ2v) is 4.39. The molecule has 0 aromatic carbocycles. The topological polar surface area (TPSA) is 26.3 Å². The zero-order chi connectivity index (χ0) is 11.0. The van der Waals surface area contributed by atoms with E-state index in [-0.39, 0.29) is 12.1 Å². The van der Waals surface area contributed by atoms with Crippen molar-refractivity contribution >= 4 is 5.97 Å². The monoisotopic (exact) mass is 200 g/mol. The summed E-state index contributed by atoms with van der Waals surface area (Å²) in [6.45, 7) is 8.38. The lowest BCUT2D eigenvalue weighted by Gasteiger charge is -2.14. The summed E-state index contributed by atoms with van der Waals surface area (Å²) in [5.74, 6) is 0.556. The lowest BCUT2D eigenvalue weighted by Crippen LogP contribution is -2.16. The Morgan fingerprint density at radius 3 is 2.36 bits per heavy atom. The normalized spacial score (nSPS) is 12.9. The summed E-state index contributed by atoms with van der Waals surface area (Å²) in [7, 11) is 0. The van der Waals surface area contributed by atoms with Crippen molar-refractivity contribution in [1.29, 1.82) is 0 Å². The molecular weight excluding hydrogens is 176 g/mol. The van der Waals surface area contributed by atoms with Gasteiger partial charge in [-0.1, -0.05) is 33.6 Å². The van der Waals surface area contributed by atoms with Gasteiger partial charge in [0.1, 0.15) is 0 Å². The van der Waals surface area contributed by atoms with Crippen LogP contribution in [0.25, 0.3) is 0 Å². The molecule has 0 saturated carbocycles. The molecular formula is C12H24O2. The van der Waals surface area contributed by atoms with Crippen molar-refractivity contribution in [2.75, 3.05) is 0 Å². The lowest BCUT2D eigenvalue weighted by atomic mass is 10.1. The standard InChI is InChI=1S/C12H24O2/c1-5-6-7-8-12(13)14-11(4)9-10(2)3/h10-11H,5-9H2,1-4H3. The van der Waals surface area contributed by atoms with Crippen LogP contribution in [0, 0.1) is 5.92 Å². The Labute approximate surface area is 88.0 Å². The van der Waals surface area contributed by atoms with Crippen molar-refractivity contribution in [2.24, 2.45) is 5.92 Å². The van der Waals surface area contributed by atoms with E-state index in [0.717, 1.165) is 25.7 Å². The number of ether oxygens (including phenoxy) is 1. The molecule has 0 aliphatic heterocycles. The molecule has 0 bridgehead atoms. The number of carbonyl (C=O) groups is 1. The van der Waals surface area contributed by atoms with Gasteiger partial charge >= 0.3 is 5.97 Å². The van der Waals surface area contributed by atoms with Crippen molar-refractivity contribution in [2.45, 2.75) is 65.9 Å². The summed E-state index contributed by atoms with van der Waals surface area (Å²) in [6, 6.07) is 0. The van der Waals surface area contributed by atoms with Crippen LogP contribution < -0.4 is 0 Å². The fourth-order valence-corrected chi connectivity index (χ4v) is 1.51. The molecule has 0 N–H and O–H groups in total. The Bertz CT molecular complexity index is 152. The average molecular weight is 200 g/mol. The van der Waals surface area contributed by atoms with Crippen LogP contribution in [0.3, 0.4) is 0 Å². The predicted molar refractivity (Wildman–Crippen MR) is 59.2 cm³/mol. The van der Waals surface area contributed by atoms with Gasteiger partial charge in [-0.2, -0.15) is 0 Å². The van der Waals surface area contributed by atoms with Crippen LogP contribution in [0.5, 0.6) is 0 Å². The number of esters is 1. The first-order valence-corrected chi connectivity index (χ1v) is 5.75. The van der Waals surface area contributed by atoms with Gasteiger partial charge in [0.15, 0.2) is 0 Å². The highest BCUT2D eigenvalue weighted by atomic mass is 16.5. The smallest absolute Gasteiger partial charge is 0.306 e. The first kappa shape index (κ1) is 13.5. The van der Waals surface area contributed by atoms with Gasteiger partial charge in [-0.25, -0.2) is 0 Å². The van der Waals surface area contributed by atoms with Gasteiger partial charge in [0.05, 0.1) is 6.10 Å². The zero-order valence-electron chi connectivity index (χ0n) is 10.0. The van der Waals surface area contributed by atoms with E-state index in [0.29, 0.717) is 12.3 Å². The highest BCUT2D eigenvalue weighted by molar-refractivity contribution is 5.69. The molecule has 0 aliphatic carbocycles. The molecule has 0 aromatic heterocycles. The first-order valence-electron chi connectivity index (χ1n) is 5.75. The van der Waals surface area contributed by atoms with Crippen LogP contribution in [0.2, 0.25) is 0 Å².